The largest absolute Gasteiger partial charge is 0.494 e. The van der Waals surface area contributed by atoms with E-state index in [-0.39, 0.29) is 11.6 Å². The number of hydrogen-bond acceptors (Lipinski definition) is 3. The Bertz CT molecular complexity index is 456. The van der Waals surface area contributed by atoms with E-state index < -0.39 is 0 Å². The quantitative estimate of drug-likeness (QED) is 0.915. The smallest absolute Gasteiger partial charge is 0.124 e. The molecule has 1 heterocycles. The van der Waals surface area contributed by atoms with E-state index >= 15 is 0 Å². The molecule has 1 aliphatic carbocycles. The first kappa shape index (κ1) is 13.9. The summed E-state index contributed by atoms with van der Waals surface area (Å²) < 4.78 is 11.7. The van der Waals surface area contributed by atoms with Crippen molar-refractivity contribution in [3.63, 3.8) is 0 Å². The molecule has 20 heavy (non-hydrogen) atoms. The first-order chi connectivity index (χ1) is 9.74. The number of nitrogens with two attached hydrogens (primary N) is 1. The summed E-state index contributed by atoms with van der Waals surface area (Å²) in [5.41, 5.74) is 7.87. The van der Waals surface area contributed by atoms with Gasteiger partial charge in [-0.15, -0.1) is 0 Å². The van der Waals surface area contributed by atoms with Gasteiger partial charge < -0.3 is 15.2 Å². The zero-order valence-corrected chi connectivity index (χ0v) is 12.3. The van der Waals surface area contributed by atoms with E-state index in [0.717, 1.165) is 30.8 Å². The molecule has 0 radical (unpaired) electrons. The average molecular weight is 275 g/mol. The molecule has 1 aliphatic heterocycles. The fourth-order valence-corrected chi connectivity index (χ4v) is 3.59. The van der Waals surface area contributed by atoms with Gasteiger partial charge in [0.2, 0.25) is 0 Å². The van der Waals surface area contributed by atoms with Crippen LogP contribution in [0.25, 0.3) is 0 Å². The van der Waals surface area contributed by atoms with Crippen molar-refractivity contribution >= 4 is 0 Å². The average Bonchev–Trinajstić information content (AvgIpc) is 2.46. The molecule has 0 bridgehead atoms. The minimum Gasteiger partial charge on any atom is -0.494 e. The lowest BCUT2D eigenvalue weighted by Gasteiger charge is -2.48. The van der Waals surface area contributed by atoms with Gasteiger partial charge in [0.15, 0.2) is 0 Å². The summed E-state index contributed by atoms with van der Waals surface area (Å²) in [7, 11) is 0. The van der Waals surface area contributed by atoms with Gasteiger partial charge in [-0.2, -0.15) is 0 Å². The summed E-state index contributed by atoms with van der Waals surface area (Å²) in [6.07, 6.45) is 5.89. The van der Waals surface area contributed by atoms with E-state index in [1.165, 1.54) is 19.3 Å². The molecule has 3 rings (SSSR count). The molecule has 1 saturated heterocycles. The minimum atomic E-state index is 0.0547. The highest BCUT2D eigenvalue weighted by Crippen LogP contribution is 2.47. The van der Waals surface area contributed by atoms with Crippen LogP contribution in [0.5, 0.6) is 5.75 Å². The molecule has 2 unspecified atom stereocenters. The Morgan fingerprint density at radius 2 is 2.20 bits per heavy atom. The van der Waals surface area contributed by atoms with Crippen molar-refractivity contribution in [2.75, 3.05) is 13.2 Å². The topological polar surface area (TPSA) is 44.5 Å². The lowest BCUT2D eigenvalue weighted by atomic mass is 9.70. The van der Waals surface area contributed by atoms with E-state index in [1.54, 1.807) is 0 Å². The molecule has 1 aromatic carbocycles. The number of rotatable bonds is 4. The number of ether oxygens (including phenoxy) is 2. The molecule has 3 heteroatoms. The van der Waals surface area contributed by atoms with Crippen LogP contribution in [0, 0.1) is 5.92 Å². The summed E-state index contributed by atoms with van der Waals surface area (Å²) >= 11 is 0. The van der Waals surface area contributed by atoms with Gasteiger partial charge in [0.25, 0.3) is 0 Å². The van der Waals surface area contributed by atoms with Gasteiger partial charge in [-0.3, -0.25) is 0 Å². The summed E-state index contributed by atoms with van der Waals surface area (Å²) in [5, 5.41) is 0. The van der Waals surface area contributed by atoms with Gasteiger partial charge in [0, 0.05) is 18.2 Å². The molecule has 0 aromatic heterocycles. The lowest BCUT2D eigenvalue weighted by Crippen LogP contribution is -2.47. The SMILES string of the molecule is CCOc1ccccc1C(N)C1CCOC2(CCC2)C1. The van der Waals surface area contributed by atoms with Crippen molar-refractivity contribution in [2.45, 2.75) is 50.7 Å². The van der Waals surface area contributed by atoms with Crippen molar-refractivity contribution in [1.29, 1.82) is 0 Å². The Morgan fingerprint density at radius 1 is 1.40 bits per heavy atom. The summed E-state index contributed by atoms with van der Waals surface area (Å²) in [6.45, 7) is 3.55. The first-order valence-electron chi connectivity index (χ1n) is 7.85. The van der Waals surface area contributed by atoms with Crippen molar-refractivity contribution in [3.8, 4) is 5.75 Å². The third-order valence-corrected chi connectivity index (χ3v) is 4.88. The standard InChI is InChI=1S/C17H25NO2/c1-2-19-15-7-4-3-6-14(15)16(18)13-8-11-20-17(12-13)9-5-10-17/h3-4,6-7,13,16H,2,5,8-12,18H2,1H3. The predicted molar refractivity (Wildman–Crippen MR) is 79.8 cm³/mol. The maximum Gasteiger partial charge on any atom is 0.124 e. The monoisotopic (exact) mass is 275 g/mol. The highest BCUT2D eigenvalue weighted by atomic mass is 16.5. The van der Waals surface area contributed by atoms with Gasteiger partial charge in [-0.05, 0) is 51.0 Å². The highest BCUT2D eigenvalue weighted by Gasteiger charge is 2.44. The van der Waals surface area contributed by atoms with Crippen LogP contribution < -0.4 is 10.5 Å². The molecule has 2 N–H and O–H groups in total. The van der Waals surface area contributed by atoms with Crippen LogP contribution in [0.1, 0.15) is 50.6 Å². The van der Waals surface area contributed by atoms with E-state index in [4.69, 9.17) is 15.2 Å². The molecular formula is C17H25NO2. The molecule has 1 spiro atoms. The van der Waals surface area contributed by atoms with Crippen LogP contribution in [-0.4, -0.2) is 18.8 Å². The van der Waals surface area contributed by atoms with E-state index in [1.807, 2.05) is 19.1 Å². The van der Waals surface area contributed by atoms with Crippen LogP contribution in [-0.2, 0) is 4.74 Å². The predicted octanol–water partition coefficient (Wildman–Crippen LogP) is 3.43. The fourth-order valence-electron chi connectivity index (χ4n) is 3.59. The molecule has 2 aliphatic rings. The van der Waals surface area contributed by atoms with Crippen LogP contribution in [0.2, 0.25) is 0 Å². The molecule has 0 amide bonds. The minimum absolute atomic E-state index is 0.0547. The van der Waals surface area contributed by atoms with E-state index in [2.05, 4.69) is 12.1 Å². The Labute approximate surface area is 121 Å². The third kappa shape index (κ3) is 2.57. The van der Waals surface area contributed by atoms with Crippen molar-refractivity contribution < 1.29 is 9.47 Å². The first-order valence-corrected chi connectivity index (χ1v) is 7.85. The number of hydrogen-bond donors (Lipinski definition) is 1. The van der Waals surface area contributed by atoms with Crippen LogP contribution >= 0.6 is 0 Å². The molecule has 1 saturated carbocycles. The fraction of sp³-hybridized carbons (Fsp3) is 0.647. The van der Waals surface area contributed by atoms with Gasteiger partial charge in [-0.1, -0.05) is 18.2 Å². The molecular weight excluding hydrogens is 250 g/mol. The molecule has 110 valence electrons. The van der Waals surface area contributed by atoms with Gasteiger partial charge in [0.1, 0.15) is 5.75 Å². The second-order valence-corrected chi connectivity index (χ2v) is 6.13. The maximum absolute atomic E-state index is 6.57. The molecule has 2 fully saturated rings. The van der Waals surface area contributed by atoms with Gasteiger partial charge >= 0.3 is 0 Å². The van der Waals surface area contributed by atoms with Crippen LogP contribution in [0.3, 0.4) is 0 Å². The van der Waals surface area contributed by atoms with Gasteiger partial charge in [-0.25, -0.2) is 0 Å². The summed E-state index contributed by atoms with van der Waals surface area (Å²) in [6, 6.07) is 8.25. The van der Waals surface area contributed by atoms with Crippen molar-refractivity contribution in [3.05, 3.63) is 29.8 Å². The number of para-hydroxylation sites is 1. The van der Waals surface area contributed by atoms with E-state index in [9.17, 15) is 0 Å². The normalized spacial score (nSPS) is 26.0. The van der Waals surface area contributed by atoms with Gasteiger partial charge in [0.05, 0.1) is 12.2 Å². The van der Waals surface area contributed by atoms with Crippen LogP contribution in [0.15, 0.2) is 24.3 Å². The van der Waals surface area contributed by atoms with Crippen LogP contribution in [0.4, 0.5) is 0 Å². The maximum atomic E-state index is 6.57. The lowest BCUT2D eigenvalue weighted by molar-refractivity contribution is -0.146. The van der Waals surface area contributed by atoms with Crippen molar-refractivity contribution in [1.82, 2.24) is 0 Å². The molecule has 3 nitrogen and oxygen atoms in total. The Balaban J connectivity index is 1.76. The molecule has 1 aromatic rings. The zero-order valence-electron chi connectivity index (χ0n) is 12.3. The Morgan fingerprint density at radius 3 is 2.90 bits per heavy atom. The summed E-state index contributed by atoms with van der Waals surface area (Å²) in [5.74, 6) is 1.45. The third-order valence-electron chi connectivity index (χ3n) is 4.88. The number of benzene rings is 1. The Kier molecular flexibility index (Phi) is 3.99. The second-order valence-electron chi connectivity index (χ2n) is 6.13. The van der Waals surface area contributed by atoms with Crippen molar-refractivity contribution in [2.24, 2.45) is 11.7 Å². The van der Waals surface area contributed by atoms with E-state index in [0.29, 0.717) is 12.5 Å². The highest BCUT2D eigenvalue weighted by molar-refractivity contribution is 5.36. The second kappa shape index (κ2) is 5.74. The summed E-state index contributed by atoms with van der Waals surface area (Å²) in [4.78, 5) is 0. The molecule has 2 atom stereocenters. The zero-order chi connectivity index (χ0) is 14.0. The Hall–Kier alpha value is -1.06.